The Labute approximate surface area is 82.2 Å². The van der Waals surface area contributed by atoms with Crippen LogP contribution in [0.3, 0.4) is 0 Å². The van der Waals surface area contributed by atoms with Crippen molar-refractivity contribution in [1.29, 1.82) is 5.26 Å². The molecule has 2 rings (SSSR count). The molecule has 0 spiro atoms. The number of nitrogens with zero attached hydrogens (tertiary/aromatic N) is 2. The maximum absolute atomic E-state index is 9.12. The third-order valence-corrected chi connectivity index (χ3v) is 2.47. The minimum absolute atomic E-state index is 0.104. The van der Waals surface area contributed by atoms with Gasteiger partial charge in [0.1, 0.15) is 6.07 Å². The summed E-state index contributed by atoms with van der Waals surface area (Å²) >= 11 is 0. The van der Waals surface area contributed by atoms with Gasteiger partial charge in [-0.05, 0) is 25.0 Å². The smallest absolute Gasteiger partial charge is 0.163 e. The van der Waals surface area contributed by atoms with Crippen LogP contribution in [0.1, 0.15) is 18.5 Å². The summed E-state index contributed by atoms with van der Waals surface area (Å²) in [6, 6.07) is 5.60. The Morgan fingerprint density at radius 2 is 2.43 bits per heavy atom. The first-order valence-corrected chi connectivity index (χ1v) is 4.54. The van der Waals surface area contributed by atoms with Gasteiger partial charge in [-0.3, -0.25) is 0 Å². The van der Waals surface area contributed by atoms with Crippen LogP contribution in [0, 0.1) is 11.3 Å². The number of rotatable bonds is 3. The number of hydrogen-bond donors (Lipinski definition) is 2. The van der Waals surface area contributed by atoms with Gasteiger partial charge in [0.25, 0.3) is 0 Å². The van der Waals surface area contributed by atoms with Gasteiger partial charge in [0, 0.05) is 6.20 Å². The van der Waals surface area contributed by atoms with Gasteiger partial charge >= 0.3 is 0 Å². The van der Waals surface area contributed by atoms with Crippen molar-refractivity contribution in [3.05, 3.63) is 24.0 Å². The highest BCUT2D eigenvalue weighted by Gasteiger charge is 2.42. The Morgan fingerprint density at radius 1 is 1.64 bits per heavy atom. The van der Waals surface area contributed by atoms with Crippen LogP contribution in [-0.4, -0.2) is 22.2 Å². The maximum Gasteiger partial charge on any atom is 0.163 e. The third-order valence-electron chi connectivity index (χ3n) is 2.47. The molecule has 4 heteroatoms. The first-order valence-electron chi connectivity index (χ1n) is 4.54. The minimum Gasteiger partial charge on any atom is -0.394 e. The van der Waals surface area contributed by atoms with Crippen LogP contribution in [0.25, 0.3) is 0 Å². The van der Waals surface area contributed by atoms with Crippen LogP contribution in [0.4, 0.5) is 5.69 Å². The predicted molar refractivity (Wildman–Crippen MR) is 51.6 cm³/mol. The number of anilines is 1. The van der Waals surface area contributed by atoms with E-state index in [0.717, 1.165) is 12.8 Å². The van der Waals surface area contributed by atoms with Gasteiger partial charge in [-0.25, -0.2) is 4.98 Å². The van der Waals surface area contributed by atoms with Gasteiger partial charge < -0.3 is 10.4 Å². The third kappa shape index (κ3) is 1.54. The van der Waals surface area contributed by atoms with E-state index in [4.69, 9.17) is 10.4 Å². The number of nitrogens with one attached hydrogen (secondary N) is 1. The molecule has 1 fully saturated rings. The van der Waals surface area contributed by atoms with E-state index in [1.165, 1.54) is 0 Å². The van der Waals surface area contributed by atoms with E-state index in [2.05, 4.69) is 10.3 Å². The van der Waals surface area contributed by atoms with Crippen molar-refractivity contribution in [2.75, 3.05) is 11.9 Å². The molecule has 1 aliphatic carbocycles. The molecule has 1 aromatic rings. The number of aliphatic hydroxyl groups is 1. The van der Waals surface area contributed by atoms with Crippen molar-refractivity contribution < 1.29 is 5.11 Å². The lowest BCUT2D eigenvalue weighted by molar-refractivity contribution is 0.266. The molecular formula is C10H11N3O. The first kappa shape index (κ1) is 8.97. The van der Waals surface area contributed by atoms with Crippen LogP contribution in [0.5, 0.6) is 0 Å². The van der Waals surface area contributed by atoms with E-state index >= 15 is 0 Å². The Bertz CT molecular complexity index is 379. The Hall–Kier alpha value is -1.60. The Kier molecular flexibility index (Phi) is 2.10. The summed E-state index contributed by atoms with van der Waals surface area (Å²) in [4.78, 5) is 3.94. The fourth-order valence-corrected chi connectivity index (χ4v) is 1.35. The van der Waals surface area contributed by atoms with Crippen molar-refractivity contribution in [2.24, 2.45) is 0 Å². The molecule has 0 bridgehead atoms. The van der Waals surface area contributed by atoms with Crippen LogP contribution >= 0.6 is 0 Å². The zero-order valence-corrected chi connectivity index (χ0v) is 7.70. The van der Waals surface area contributed by atoms with E-state index in [-0.39, 0.29) is 12.1 Å². The van der Waals surface area contributed by atoms with Crippen LogP contribution < -0.4 is 5.32 Å². The molecule has 0 unspecified atom stereocenters. The van der Waals surface area contributed by atoms with Gasteiger partial charge in [-0.15, -0.1) is 0 Å². The molecule has 0 radical (unpaired) electrons. The molecule has 1 aromatic heterocycles. The van der Waals surface area contributed by atoms with E-state index in [0.29, 0.717) is 11.4 Å². The summed E-state index contributed by atoms with van der Waals surface area (Å²) in [5, 5.41) is 21.1. The zero-order valence-electron chi connectivity index (χ0n) is 7.70. The largest absolute Gasteiger partial charge is 0.394 e. The number of nitriles is 1. The maximum atomic E-state index is 9.12. The van der Waals surface area contributed by atoms with Gasteiger partial charge in [0.2, 0.25) is 0 Å². The molecule has 1 saturated carbocycles. The lowest BCUT2D eigenvalue weighted by Gasteiger charge is -2.15. The van der Waals surface area contributed by atoms with E-state index in [1.807, 2.05) is 6.07 Å². The van der Waals surface area contributed by atoms with Crippen LogP contribution in [-0.2, 0) is 0 Å². The Morgan fingerprint density at radius 3 is 3.00 bits per heavy atom. The van der Waals surface area contributed by atoms with Crippen LogP contribution in [0.15, 0.2) is 18.3 Å². The Balaban J connectivity index is 2.21. The van der Waals surface area contributed by atoms with Crippen molar-refractivity contribution >= 4 is 5.69 Å². The highest BCUT2D eigenvalue weighted by molar-refractivity contribution is 5.56. The second-order valence-corrected chi connectivity index (χ2v) is 3.57. The standard InChI is InChI=1S/C10H11N3O/c11-6-9-8(2-1-5-12-9)13-10(7-14)3-4-10/h1-2,5,13-14H,3-4,7H2. The average molecular weight is 189 g/mol. The monoisotopic (exact) mass is 189 g/mol. The molecule has 72 valence electrons. The van der Waals surface area contributed by atoms with E-state index in [9.17, 15) is 0 Å². The molecule has 1 aliphatic rings. The quantitative estimate of drug-likeness (QED) is 0.740. The molecule has 2 N–H and O–H groups in total. The van der Waals surface area contributed by atoms with Crippen LogP contribution in [0.2, 0.25) is 0 Å². The molecular weight excluding hydrogens is 178 g/mol. The second kappa shape index (κ2) is 3.28. The van der Waals surface area contributed by atoms with Gasteiger partial charge in [-0.1, -0.05) is 0 Å². The SMILES string of the molecule is N#Cc1ncccc1NC1(CO)CC1. The fraction of sp³-hybridized carbons (Fsp3) is 0.400. The average Bonchev–Trinajstić information content (AvgIpc) is 2.99. The molecule has 4 nitrogen and oxygen atoms in total. The minimum atomic E-state index is -0.200. The molecule has 0 atom stereocenters. The fourth-order valence-electron chi connectivity index (χ4n) is 1.35. The summed E-state index contributed by atoms with van der Waals surface area (Å²) in [6.45, 7) is 0.104. The number of hydrogen-bond acceptors (Lipinski definition) is 4. The summed E-state index contributed by atoms with van der Waals surface area (Å²) in [5.41, 5.74) is 0.892. The van der Waals surface area contributed by atoms with Gasteiger partial charge in [0.05, 0.1) is 17.8 Å². The van der Waals surface area contributed by atoms with Crippen molar-refractivity contribution in [2.45, 2.75) is 18.4 Å². The van der Waals surface area contributed by atoms with Gasteiger partial charge in [-0.2, -0.15) is 5.26 Å². The number of pyridine rings is 1. The van der Waals surface area contributed by atoms with E-state index < -0.39 is 0 Å². The van der Waals surface area contributed by atoms with E-state index in [1.54, 1.807) is 18.3 Å². The molecule has 1 heterocycles. The topological polar surface area (TPSA) is 68.9 Å². The van der Waals surface area contributed by atoms with Crippen molar-refractivity contribution in [3.8, 4) is 6.07 Å². The molecule has 0 aromatic carbocycles. The molecule has 0 saturated heterocycles. The molecule has 14 heavy (non-hydrogen) atoms. The highest BCUT2D eigenvalue weighted by Crippen LogP contribution is 2.38. The first-order chi connectivity index (χ1) is 6.79. The number of aromatic nitrogens is 1. The summed E-state index contributed by atoms with van der Waals surface area (Å²) in [5.74, 6) is 0. The van der Waals surface area contributed by atoms with Gasteiger partial charge in [0.15, 0.2) is 5.69 Å². The summed E-state index contributed by atoms with van der Waals surface area (Å²) < 4.78 is 0. The summed E-state index contributed by atoms with van der Waals surface area (Å²) in [7, 11) is 0. The molecule has 0 amide bonds. The predicted octanol–water partition coefficient (Wildman–Crippen LogP) is 0.890. The number of aliphatic hydroxyl groups excluding tert-OH is 1. The zero-order chi connectivity index (χ0) is 10.0. The highest BCUT2D eigenvalue weighted by atomic mass is 16.3. The molecule has 0 aliphatic heterocycles. The van der Waals surface area contributed by atoms with Crippen molar-refractivity contribution in [1.82, 2.24) is 4.98 Å². The summed E-state index contributed by atoms with van der Waals surface area (Å²) in [6.07, 6.45) is 3.48. The van der Waals surface area contributed by atoms with Crippen molar-refractivity contribution in [3.63, 3.8) is 0 Å². The lowest BCUT2D eigenvalue weighted by Crippen LogP contribution is -2.26. The lowest BCUT2D eigenvalue weighted by atomic mass is 10.2. The second-order valence-electron chi connectivity index (χ2n) is 3.57. The normalized spacial score (nSPS) is 17.1.